The van der Waals surface area contributed by atoms with E-state index in [2.05, 4.69) is 30.2 Å². The van der Waals surface area contributed by atoms with Gasteiger partial charge in [-0.25, -0.2) is 20.2 Å². The van der Waals surface area contributed by atoms with Gasteiger partial charge in [0.15, 0.2) is 11.2 Å². The molecule has 0 radical (unpaired) electrons. The monoisotopic (exact) mass is 818 g/mol. The molecule has 2 saturated heterocycles. The van der Waals surface area contributed by atoms with Gasteiger partial charge < -0.3 is 33.5 Å². The molecule has 0 saturated carbocycles. The van der Waals surface area contributed by atoms with Gasteiger partial charge in [-0.15, -0.1) is 0 Å². The average Bonchev–Trinajstić information content (AvgIpc) is 3.74. The molecule has 50 heavy (non-hydrogen) atoms. The van der Waals surface area contributed by atoms with Crippen molar-refractivity contribution >= 4 is 87.1 Å². The summed E-state index contributed by atoms with van der Waals surface area (Å²) in [6.07, 6.45) is 6.56. The van der Waals surface area contributed by atoms with E-state index >= 15 is 0 Å². The maximum atomic E-state index is 13.9. The van der Waals surface area contributed by atoms with Crippen molar-refractivity contribution in [1.82, 2.24) is 34.8 Å². The number of H-pyrrole nitrogens is 1. The number of ether oxygens (including phenoxy) is 3. The summed E-state index contributed by atoms with van der Waals surface area (Å²) in [6.45, 7) is -6.07. The number of nitrogen functional groups attached to an aromatic ring is 1. The van der Waals surface area contributed by atoms with Crippen LogP contribution in [0.4, 0.5) is 5.95 Å². The Morgan fingerprint density at radius 3 is 2.04 bits per heavy atom. The SMILES string of the molecule is BC1CC(NP(=O)(OCC2OC(B)CC2NP(=O)(OCCOCn2cnc3c(=O)[nH]c(N)nc32)SC)SC)C(COP(=O)(NC(C)C)SC)O1. The number of hydrogen-bond acceptors (Lipinski definition) is 16. The molecule has 9 atom stereocenters. The predicted octanol–water partition coefficient (Wildman–Crippen LogP) is 1.55. The Morgan fingerprint density at radius 1 is 0.960 bits per heavy atom. The van der Waals surface area contributed by atoms with Crippen molar-refractivity contribution in [2.75, 3.05) is 50.9 Å². The van der Waals surface area contributed by atoms with Gasteiger partial charge in [0.25, 0.3) is 5.56 Å². The summed E-state index contributed by atoms with van der Waals surface area (Å²) in [5, 5.41) is 9.27. The number of nitrogens with one attached hydrogen (secondary N) is 4. The molecule has 0 spiro atoms. The van der Waals surface area contributed by atoms with E-state index in [9.17, 15) is 18.5 Å². The highest BCUT2D eigenvalue weighted by molar-refractivity contribution is 8.56. The normalized spacial score (nSPS) is 27.8. The average molecular weight is 818 g/mol. The van der Waals surface area contributed by atoms with E-state index in [0.29, 0.717) is 12.8 Å². The molecule has 0 amide bonds. The van der Waals surface area contributed by atoms with E-state index in [-0.39, 0.29) is 74.4 Å². The molecular formula is C24H47B2N8O10P3S3. The summed E-state index contributed by atoms with van der Waals surface area (Å²) in [5.41, 5.74) is 5.62. The van der Waals surface area contributed by atoms with Crippen LogP contribution in [0.2, 0.25) is 0 Å². The van der Waals surface area contributed by atoms with E-state index in [4.69, 9.17) is 33.5 Å². The first-order chi connectivity index (χ1) is 23.6. The number of rotatable bonds is 21. The molecule has 4 heterocycles. The zero-order valence-corrected chi connectivity index (χ0v) is 34.3. The van der Waals surface area contributed by atoms with Crippen molar-refractivity contribution in [3.63, 3.8) is 0 Å². The smallest absolute Gasteiger partial charge is 0.326 e. The van der Waals surface area contributed by atoms with Crippen LogP contribution in [-0.4, -0.2) is 123 Å². The van der Waals surface area contributed by atoms with Crippen molar-refractivity contribution in [2.24, 2.45) is 0 Å². The van der Waals surface area contributed by atoms with Crippen LogP contribution in [0.25, 0.3) is 11.2 Å². The number of nitrogens with two attached hydrogens (primary N) is 1. The van der Waals surface area contributed by atoms with Crippen LogP contribution in [0.5, 0.6) is 0 Å². The van der Waals surface area contributed by atoms with E-state index in [1.807, 2.05) is 29.5 Å². The van der Waals surface area contributed by atoms with E-state index < -0.39 is 44.0 Å². The van der Waals surface area contributed by atoms with Gasteiger partial charge in [0.1, 0.15) is 22.4 Å². The largest absolute Gasteiger partial charge is 0.380 e. The molecule has 2 aromatic rings. The Kier molecular flexibility index (Phi) is 15.9. The number of hydrogen-bond donors (Lipinski definition) is 5. The highest BCUT2D eigenvalue weighted by Gasteiger charge is 2.42. The predicted molar refractivity (Wildman–Crippen MR) is 205 cm³/mol. The fraction of sp³-hybridized carbons (Fsp3) is 0.792. The lowest BCUT2D eigenvalue weighted by atomic mass is 9.95. The molecule has 2 aliphatic heterocycles. The number of aromatic nitrogens is 4. The Labute approximate surface area is 305 Å². The summed E-state index contributed by atoms with van der Waals surface area (Å²) in [7, 11) is 3.82. The number of aromatic amines is 1. The molecule has 282 valence electrons. The Hall–Kier alpha value is -0.340. The lowest BCUT2D eigenvalue weighted by molar-refractivity contribution is 0.0395. The van der Waals surface area contributed by atoms with Crippen molar-refractivity contribution in [3.05, 3.63) is 16.7 Å². The maximum Gasteiger partial charge on any atom is 0.326 e. The molecule has 18 nitrogen and oxygen atoms in total. The van der Waals surface area contributed by atoms with Gasteiger partial charge in [0.05, 0.1) is 45.0 Å². The molecule has 2 aromatic heterocycles. The molecule has 9 unspecified atom stereocenters. The molecule has 2 fully saturated rings. The van der Waals surface area contributed by atoms with Crippen LogP contribution in [0.3, 0.4) is 0 Å². The van der Waals surface area contributed by atoms with Gasteiger partial charge in [-0.05, 0) is 45.5 Å². The third kappa shape index (κ3) is 11.8. The quantitative estimate of drug-likeness (QED) is 0.0683. The Bertz CT molecular complexity index is 1630. The summed E-state index contributed by atoms with van der Waals surface area (Å²) in [4.78, 5) is 22.5. The summed E-state index contributed by atoms with van der Waals surface area (Å²) < 4.78 is 77.6. The van der Waals surface area contributed by atoms with Crippen LogP contribution in [0, 0.1) is 0 Å². The van der Waals surface area contributed by atoms with Gasteiger partial charge in [-0.2, -0.15) is 4.98 Å². The van der Waals surface area contributed by atoms with Gasteiger partial charge >= 0.3 is 20.2 Å². The molecule has 2 aliphatic rings. The first-order valence-electron chi connectivity index (χ1n) is 15.9. The molecule has 0 bridgehead atoms. The second-order valence-electron chi connectivity index (χ2n) is 12.0. The number of anilines is 1. The standard InChI is InChI=1S/C24H47B2N8O10P3S3/c1-14(2)31-45(36,48-3)41-10-17-16(9-20(26)43-17)33-47(38,50-5)42-11-18-15(8-19(25)44-18)32-46(37,49-4)40-7-6-39-13-34-12-28-21-22(34)29-24(27)30-23(21)35/h12,14-20H,6-11,13,25-26H2,1-5H3,(H,31,36)(H,32,37)(H,33,38)(H3,27,29,30,35). The van der Waals surface area contributed by atoms with Gasteiger partial charge in [0, 0.05) is 30.1 Å². The lowest BCUT2D eigenvalue weighted by Gasteiger charge is -2.28. The van der Waals surface area contributed by atoms with E-state index in [1.54, 1.807) is 18.8 Å². The van der Waals surface area contributed by atoms with Crippen molar-refractivity contribution < 1.29 is 41.5 Å². The van der Waals surface area contributed by atoms with E-state index in [1.165, 1.54) is 10.9 Å². The third-order valence-electron chi connectivity index (χ3n) is 7.70. The molecule has 4 rings (SSSR count). The van der Waals surface area contributed by atoms with Crippen LogP contribution >= 0.6 is 54.3 Å². The fourth-order valence-corrected chi connectivity index (χ4v) is 13.2. The Morgan fingerprint density at radius 2 is 1.50 bits per heavy atom. The van der Waals surface area contributed by atoms with Crippen LogP contribution in [0.1, 0.15) is 26.7 Å². The lowest BCUT2D eigenvalue weighted by Crippen LogP contribution is -2.39. The summed E-state index contributed by atoms with van der Waals surface area (Å²) in [6, 6.07) is -1.11. The second kappa shape index (κ2) is 18.8. The zero-order valence-electron chi connectivity index (χ0n) is 29.1. The minimum absolute atomic E-state index is 0.0104. The van der Waals surface area contributed by atoms with Gasteiger partial charge in [-0.1, -0.05) is 34.1 Å². The minimum Gasteiger partial charge on any atom is -0.380 e. The minimum atomic E-state index is -3.46. The van der Waals surface area contributed by atoms with Crippen molar-refractivity contribution in [1.29, 1.82) is 0 Å². The fourth-order valence-electron chi connectivity index (χ4n) is 5.44. The first kappa shape index (κ1) is 42.4. The number of nitrogens with zero attached hydrogens (tertiary/aromatic N) is 3. The number of fused-ring (bicyclic) bond motifs is 1. The molecule has 0 aliphatic carbocycles. The van der Waals surface area contributed by atoms with E-state index in [0.717, 1.165) is 34.1 Å². The number of imidazole rings is 1. The highest BCUT2D eigenvalue weighted by Crippen LogP contribution is 2.58. The Balaban J connectivity index is 1.28. The highest BCUT2D eigenvalue weighted by atomic mass is 32.7. The molecular weight excluding hydrogens is 771 g/mol. The van der Waals surface area contributed by atoms with Crippen molar-refractivity contribution in [3.8, 4) is 0 Å². The first-order valence-corrected chi connectivity index (χ1v) is 26.3. The molecule has 0 aromatic carbocycles. The maximum absolute atomic E-state index is 13.9. The van der Waals surface area contributed by atoms with Gasteiger partial charge in [0.2, 0.25) is 5.95 Å². The third-order valence-corrected chi connectivity index (χ3v) is 19.0. The van der Waals surface area contributed by atoms with Crippen LogP contribution in [0.15, 0.2) is 11.1 Å². The van der Waals surface area contributed by atoms with Crippen molar-refractivity contribution in [2.45, 2.75) is 75.8 Å². The van der Waals surface area contributed by atoms with Crippen LogP contribution < -0.4 is 26.6 Å². The molecule has 26 heteroatoms. The van der Waals surface area contributed by atoms with Gasteiger partial charge in [-0.3, -0.25) is 28.0 Å². The summed E-state index contributed by atoms with van der Waals surface area (Å²) in [5.74, 6) is -0.0339. The second-order valence-corrected chi connectivity index (χ2v) is 25.3. The van der Waals surface area contributed by atoms with Crippen LogP contribution in [-0.2, 0) is 48.2 Å². The topological polar surface area (TPSA) is 232 Å². The zero-order chi connectivity index (χ0) is 36.7. The summed E-state index contributed by atoms with van der Waals surface area (Å²) >= 11 is 3.25. The molecule has 6 N–H and O–H groups in total.